The number of halogens is 4. The van der Waals surface area contributed by atoms with Crippen molar-refractivity contribution in [1.29, 1.82) is 0 Å². The zero-order chi connectivity index (χ0) is 16.0. The van der Waals surface area contributed by atoms with Crippen LogP contribution in [0.4, 0.5) is 17.6 Å². The van der Waals surface area contributed by atoms with E-state index in [2.05, 4.69) is 24.1 Å². The third kappa shape index (κ3) is 6.01. The lowest BCUT2D eigenvalue weighted by Crippen LogP contribution is -2.34. The highest BCUT2D eigenvalue weighted by molar-refractivity contribution is 5.26. The summed E-state index contributed by atoms with van der Waals surface area (Å²) < 4.78 is 50.9. The Labute approximate surface area is 123 Å². The van der Waals surface area contributed by atoms with Crippen LogP contribution in [0.2, 0.25) is 0 Å². The second-order valence-electron chi connectivity index (χ2n) is 5.26. The lowest BCUT2D eigenvalue weighted by Gasteiger charge is -2.23. The highest BCUT2D eigenvalue weighted by Crippen LogP contribution is 2.30. The molecule has 1 aromatic rings. The lowest BCUT2D eigenvalue weighted by atomic mass is 10.1. The van der Waals surface area contributed by atoms with Gasteiger partial charge in [-0.05, 0) is 44.2 Å². The van der Waals surface area contributed by atoms with Gasteiger partial charge >= 0.3 is 6.18 Å². The van der Waals surface area contributed by atoms with Crippen molar-refractivity contribution < 1.29 is 17.6 Å². The molecule has 0 bridgehead atoms. The van der Waals surface area contributed by atoms with E-state index in [1.165, 1.54) is 0 Å². The molecule has 0 aliphatic carbocycles. The first kappa shape index (κ1) is 17.9. The van der Waals surface area contributed by atoms with E-state index in [-0.39, 0.29) is 6.54 Å². The van der Waals surface area contributed by atoms with Crippen LogP contribution in [0.25, 0.3) is 0 Å². The third-order valence-electron chi connectivity index (χ3n) is 3.60. The normalized spacial score (nSPS) is 13.7. The van der Waals surface area contributed by atoms with Gasteiger partial charge in [-0.25, -0.2) is 4.39 Å². The SMILES string of the molecule is CCC(C)N(C)CCNCc1cc(F)cc(C(F)(F)F)c1. The first-order chi connectivity index (χ1) is 9.74. The van der Waals surface area contributed by atoms with Gasteiger partial charge in [0.05, 0.1) is 5.56 Å². The van der Waals surface area contributed by atoms with E-state index in [0.717, 1.165) is 25.1 Å². The van der Waals surface area contributed by atoms with Gasteiger partial charge in [0.1, 0.15) is 5.82 Å². The molecule has 0 aliphatic rings. The molecule has 0 saturated carbocycles. The van der Waals surface area contributed by atoms with Crippen LogP contribution < -0.4 is 5.32 Å². The van der Waals surface area contributed by atoms with Crippen molar-refractivity contribution >= 4 is 0 Å². The zero-order valence-electron chi connectivity index (χ0n) is 12.6. The topological polar surface area (TPSA) is 15.3 Å². The molecule has 21 heavy (non-hydrogen) atoms. The Hall–Kier alpha value is -1.14. The van der Waals surface area contributed by atoms with E-state index in [0.29, 0.717) is 24.2 Å². The second kappa shape index (κ2) is 7.75. The van der Waals surface area contributed by atoms with Crippen molar-refractivity contribution in [3.8, 4) is 0 Å². The molecule has 1 rings (SSSR count). The molecule has 120 valence electrons. The molecule has 0 aromatic heterocycles. The lowest BCUT2D eigenvalue weighted by molar-refractivity contribution is -0.137. The van der Waals surface area contributed by atoms with Crippen LogP contribution in [0.15, 0.2) is 18.2 Å². The van der Waals surface area contributed by atoms with E-state index in [1.54, 1.807) is 0 Å². The number of benzene rings is 1. The van der Waals surface area contributed by atoms with E-state index in [1.807, 2.05) is 7.05 Å². The summed E-state index contributed by atoms with van der Waals surface area (Å²) in [6, 6.07) is 3.08. The van der Waals surface area contributed by atoms with E-state index < -0.39 is 17.6 Å². The minimum Gasteiger partial charge on any atom is -0.311 e. The maximum Gasteiger partial charge on any atom is 0.416 e. The van der Waals surface area contributed by atoms with Crippen molar-refractivity contribution in [2.75, 3.05) is 20.1 Å². The zero-order valence-corrected chi connectivity index (χ0v) is 12.6. The molecule has 1 unspecified atom stereocenters. The van der Waals surface area contributed by atoms with Gasteiger partial charge in [0, 0.05) is 25.7 Å². The van der Waals surface area contributed by atoms with Gasteiger partial charge in [-0.2, -0.15) is 13.2 Å². The monoisotopic (exact) mass is 306 g/mol. The van der Waals surface area contributed by atoms with Crippen molar-refractivity contribution in [3.05, 3.63) is 35.1 Å². The molecular formula is C15H22F4N2. The first-order valence-electron chi connectivity index (χ1n) is 7.01. The van der Waals surface area contributed by atoms with Crippen molar-refractivity contribution in [3.63, 3.8) is 0 Å². The van der Waals surface area contributed by atoms with Gasteiger partial charge in [0.15, 0.2) is 0 Å². The Morgan fingerprint density at radius 2 is 1.90 bits per heavy atom. The molecule has 0 amide bonds. The molecule has 0 heterocycles. The largest absolute Gasteiger partial charge is 0.416 e. The average molecular weight is 306 g/mol. The highest BCUT2D eigenvalue weighted by Gasteiger charge is 2.31. The number of nitrogens with one attached hydrogen (secondary N) is 1. The van der Waals surface area contributed by atoms with Gasteiger partial charge in [-0.15, -0.1) is 0 Å². The second-order valence-corrected chi connectivity index (χ2v) is 5.26. The molecule has 1 aromatic carbocycles. The number of rotatable bonds is 7. The van der Waals surface area contributed by atoms with Gasteiger partial charge in [0.25, 0.3) is 0 Å². The van der Waals surface area contributed by atoms with Crippen molar-refractivity contribution in [2.24, 2.45) is 0 Å². The van der Waals surface area contributed by atoms with Gasteiger partial charge in [-0.3, -0.25) is 0 Å². The molecule has 0 aliphatic heterocycles. The molecule has 0 fully saturated rings. The number of hydrogen-bond acceptors (Lipinski definition) is 2. The Morgan fingerprint density at radius 3 is 2.48 bits per heavy atom. The minimum absolute atomic E-state index is 0.217. The van der Waals surface area contributed by atoms with Gasteiger partial charge in [-0.1, -0.05) is 6.92 Å². The van der Waals surface area contributed by atoms with E-state index >= 15 is 0 Å². The summed E-state index contributed by atoms with van der Waals surface area (Å²) >= 11 is 0. The number of nitrogens with zero attached hydrogens (tertiary/aromatic N) is 1. The summed E-state index contributed by atoms with van der Waals surface area (Å²) in [5.74, 6) is -0.863. The summed E-state index contributed by atoms with van der Waals surface area (Å²) in [5, 5.41) is 3.04. The summed E-state index contributed by atoms with van der Waals surface area (Å²) in [6.07, 6.45) is -3.48. The van der Waals surface area contributed by atoms with Crippen LogP contribution in [0.3, 0.4) is 0 Å². The molecule has 1 N–H and O–H groups in total. The predicted molar refractivity (Wildman–Crippen MR) is 75.5 cm³/mol. The first-order valence-corrected chi connectivity index (χ1v) is 7.01. The Balaban J connectivity index is 2.51. The van der Waals surface area contributed by atoms with Crippen molar-refractivity contribution in [1.82, 2.24) is 10.2 Å². The van der Waals surface area contributed by atoms with Crippen LogP contribution in [0.1, 0.15) is 31.4 Å². The maximum absolute atomic E-state index is 13.2. The minimum atomic E-state index is -4.52. The number of likely N-dealkylation sites (N-methyl/N-ethyl adjacent to an activating group) is 1. The third-order valence-corrected chi connectivity index (χ3v) is 3.60. The Morgan fingerprint density at radius 1 is 1.24 bits per heavy atom. The maximum atomic E-state index is 13.2. The molecular weight excluding hydrogens is 284 g/mol. The highest BCUT2D eigenvalue weighted by atomic mass is 19.4. The molecule has 6 heteroatoms. The molecule has 0 spiro atoms. The average Bonchev–Trinajstić information content (AvgIpc) is 2.40. The number of hydrogen-bond donors (Lipinski definition) is 1. The van der Waals surface area contributed by atoms with Gasteiger partial charge in [0.2, 0.25) is 0 Å². The van der Waals surface area contributed by atoms with Crippen LogP contribution in [0.5, 0.6) is 0 Å². The van der Waals surface area contributed by atoms with E-state index in [9.17, 15) is 17.6 Å². The Bertz CT molecular complexity index is 446. The molecule has 2 nitrogen and oxygen atoms in total. The fourth-order valence-corrected chi connectivity index (χ4v) is 1.94. The fourth-order valence-electron chi connectivity index (χ4n) is 1.94. The van der Waals surface area contributed by atoms with Crippen LogP contribution in [-0.2, 0) is 12.7 Å². The van der Waals surface area contributed by atoms with Crippen molar-refractivity contribution in [2.45, 2.75) is 39.0 Å². The summed E-state index contributed by atoms with van der Waals surface area (Å²) in [7, 11) is 2.00. The summed E-state index contributed by atoms with van der Waals surface area (Å²) in [6.45, 7) is 5.85. The smallest absolute Gasteiger partial charge is 0.311 e. The Kier molecular flexibility index (Phi) is 6.61. The molecule has 1 atom stereocenters. The molecule has 0 radical (unpaired) electrons. The fraction of sp³-hybridized carbons (Fsp3) is 0.600. The summed E-state index contributed by atoms with van der Waals surface area (Å²) in [5.41, 5.74) is -0.649. The standard InChI is InChI=1S/C15H22F4N2/c1-4-11(2)21(3)6-5-20-10-12-7-13(15(17,18)19)9-14(16)8-12/h7-9,11,20H,4-6,10H2,1-3H3. The van der Waals surface area contributed by atoms with E-state index in [4.69, 9.17) is 0 Å². The quantitative estimate of drug-likeness (QED) is 0.611. The van der Waals surface area contributed by atoms with Crippen LogP contribution in [-0.4, -0.2) is 31.1 Å². The number of alkyl halides is 3. The summed E-state index contributed by atoms with van der Waals surface area (Å²) in [4.78, 5) is 2.17. The van der Waals surface area contributed by atoms with Gasteiger partial charge < -0.3 is 10.2 Å². The van der Waals surface area contributed by atoms with Crippen LogP contribution >= 0.6 is 0 Å². The van der Waals surface area contributed by atoms with Crippen LogP contribution in [0, 0.1) is 5.82 Å². The molecule has 0 saturated heterocycles. The predicted octanol–water partition coefficient (Wildman–Crippen LogP) is 3.66.